The second kappa shape index (κ2) is 6.19. The lowest BCUT2D eigenvalue weighted by Crippen LogP contribution is -2.22. The van der Waals surface area contributed by atoms with Gasteiger partial charge in [-0.25, -0.2) is 4.79 Å². The lowest BCUT2D eigenvalue weighted by Gasteiger charge is -2.21. The summed E-state index contributed by atoms with van der Waals surface area (Å²) in [5.41, 5.74) is 6.33. The number of rotatable bonds is 4. The summed E-state index contributed by atoms with van der Waals surface area (Å²) in [6, 6.07) is 4.29. The summed E-state index contributed by atoms with van der Waals surface area (Å²) >= 11 is 0. The number of nitrogens with two attached hydrogens (primary N) is 1. The van der Waals surface area contributed by atoms with Gasteiger partial charge in [0.1, 0.15) is 0 Å². The normalized spacial score (nSPS) is 22.2. The van der Waals surface area contributed by atoms with Crippen LogP contribution >= 0.6 is 0 Å². The molecule has 0 bridgehead atoms. The number of likely N-dealkylation sites (tertiary alicyclic amines) is 1. The Balaban J connectivity index is 2.54. The zero-order chi connectivity index (χ0) is 15.6. The SMILES string of the molecule is COC(=O)c1cccc([N+](=O)[O-])c1C1CC(CN)CN1C. The van der Waals surface area contributed by atoms with Crippen molar-refractivity contribution in [2.75, 3.05) is 27.2 Å². The molecule has 0 aromatic heterocycles. The van der Waals surface area contributed by atoms with Crippen molar-refractivity contribution >= 4 is 11.7 Å². The number of nitro groups is 1. The number of nitro benzene ring substituents is 1. The quantitative estimate of drug-likeness (QED) is 0.511. The van der Waals surface area contributed by atoms with E-state index >= 15 is 0 Å². The first kappa shape index (κ1) is 15.4. The molecule has 0 saturated carbocycles. The summed E-state index contributed by atoms with van der Waals surface area (Å²) in [7, 11) is 3.16. The van der Waals surface area contributed by atoms with Crippen LogP contribution in [0.4, 0.5) is 5.69 Å². The summed E-state index contributed by atoms with van der Waals surface area (Å²) in [6.45, 7) is 1.28. The van der Waals surface area contributed by atoms with Crippen molar-refractivity contribution < 1.29 is 14.5 Å². The fourth-order valence-corrected chi connectivity index (χ4v) is 2.96. The average molecular weight is 293 g/mol. The smallest absolute Gasteiger partial charge is 0.338 e. The minimum Gasteiger partial charge on any atom is -0.465 e. The van der Waals surface area contributed by atoms with Gasteiger partial charge in [0.2, 0.25) is 0 Å². The van der Waals surface area contributed by atoms with Crippen molar-refractivity contribution in [1.29, 1.82) is 0 Å². The monoisotopic (exact) mass is 293 g/mol. The van der Waals surface area contributed by atoms with Crippen LogP contribution in [0.25, 0.3) is 0 Å². The fourth-order valence-electron chi connectivity index (χ4n) is 2.96. The third kappa shape index (κ3) is 2.88. The molecule has 1 saturated heterocycles. The fraction of sp³-hybridized carbons (Fsp3) is 0.500. The number of carbonyl (C=O) groups excluding carboxylic acids is 1. The molecule has 2 rings (SSSR count). The third-order valence-corrected chi connectivity index (χ3v) is 3.99. The van der Waals surface area contributed by atoms with E-state index < -0.39 is 10.9 Å². The highest BCUT2D eigenvalue weighted by Gasteiger charge is 2.37. The number of esters is 1. The number of nitrogens with zero attached hydrogens (tertiary/aromatic N) is 2. The molecule has 21 heavy (non-hydrogen) atoms. The summed E-state index contributed by atoms with van der Waals surface area (Å²) < 4.78 is 4.75. The van der Waals surface area contributed by atoms with Gasteiger partial charge in [-0.2, -0.15) is 0 Å². The van der Waals surface area contributed by atoms with E-state index in [9.17, 15) is 14.9 Å². The Morgan fingerprint density at radius 3 is 2.81 bits per heavy atom. The van der Waals surface area contributed by atoms with Crippen LogP contribution in [-0.2, 0) is 4.74 Å². The molecule has 1 aromatic rings. The largest absolute Gasteiger partial charge is 0.465 e. The maximum atomic E-state index is 11.9. The highest BCUT2D eigenvalue weighted by molar-refractivity contribution is 5.92. The van der Waals surface area contributed by atoms with E-state index in [0.717, 1.165) is 6.54 Å². The molecule has 0 aliphatic carbocycles. The molecule has 7 heteroatoms. The molecule has 0 spiro atoms. The second-order valence-corrected chi connectivity index (χ2v) is 5.28. The highest BCUT2D eigenvalue weighted by atomic mass is 16.6. The van der Waals surface area contributed by atoms with Crippen LogP contribution < -0.4 is 5.73 Å². The molecule has 1 aliphatic rings. The van der Waals surface area contributed by atoms with Gasteiger partial charge in [0.05, 0.1) is 23.2 Å². The van der Waals surface area contributed by atoms with Gasteiger partial charge in [-0.3, -0.25) is 15.0 Å². The molecule has 7 nitrogen and oxygen atoms in total. The molecule has 1 fully saturated rings. The molecule has 2 N–H and O–H groups in total. The van der Waals surface area contributed by atoms with Gasteiger partial charge in [-0.15, -0.1) is 0 Å². The Morgan fingerprint density at radius 2 is 2.29 bits per heavy atom. The zero-order valence-electron chi connectivity index (χ0n) is 12.1. The van der Waals surface area contributed by atoms with Gasteiger partial charge < -0.3 is 10.5 Å². The summed E-state index contributed by atoms with van der Waals surface area (Å²) in [5, 5.41) is 11.3. The molecule has 1 aliphatic heterocycles. The van der Waals surface area contributed by atoms with Gasteiger partial charge in [0.15, 0.2) is 0 Å². The predicted molar refractivity (Wildman–Crippen MR) is 77.0 cm³/mol. The Morgan fingerprint density at radius 1 is 1.57 bits per heavy atom. The van der Waals surface area contributed by atoms with Crippen molar-refractivity contribution in [1.82, 2.24) is 4.90 Å². The van der Waals surface area contributed by atoms with E-state index in [0.29, 0.717) is 18.5 Å². The second-order valence-electron chi connectivity index (χ2n) is 5.28. The van der Waals surface area contributed by atoms with E-state index in [1.807, 2.05) is 11.9 Å². The lowest BCUT2D eigenvalue weighted by atomic mass is 9.94. The molecule has 2 atom stereocenters. The molecular weight excluding hydrogens is 274 g/mol. The number of hydrogen-bond acceptors (Lipinski definition) is 6. The minimum atomic E-state index is -0.557. The van der Waals surface area contributed by atoms with Gasteiger partial charge in [0.25, 0.3) is 5.69 Å². The van der Waals surface area contributed by atoms with Crippen molar-refractivity contribution in [2.24, 2.45) is 11.7 Å². The summed E-state index contributed by atoms with van der Waals surface area (Å²) in [5.74, 6) is -0.288. The van der Waals surface area contributed by atoms with Crippen LogP contribution in [0.3, 0.4) is 0 Å². The van der Waals surface area contributed by atoms with Crippen molar-refractivity contribution in [3.8, 4) is 0 Å². The van der Waals surface area contributed by atoms with Crippen molar-refractivity contribution in [2.45, 2.75) is 12.5 Å². The van der Waals surface area contributed by atoms with Crippen LogP contribution in [0.2, 0.25) is 0 Å². The number of ether oxygens (including phenoxy) is 1. The zero-order valence-corrected chi connectivity index (χ0v) is 12.1. The van der Waals surface area contributed by atoms with E-state index in [-0.39, 0.29) is 23.2 Å². The Bertz CT molecular complexity index is 561. The van der Waals surface area contributed by atoms with Crippen LogP contribution in [0.1, 0.15) is 28.4 Å². The number of benzene rings is 1. The van der Waals surface area contributed by atoms with E-state index in [1.54, 1.807) is 6.07 Å². The standard InChI is InChI=1S/C14H19N3O4/c1-16-8-9(7-15)6-12(16)13-10(14(18)21-2)4-3-5-11(13)17(19)20/h3-5,9,12H,6-8,15H2,1-2H3. The molecule has 114 valence electrons. The first-order valence-electron chi connectivity index (χ1n) is 6.75. The predicted octanol–water partition coefficient (Wildman–Crippen LogP) is 1.33. The Labute approximate surface area is 122 Å². The topological polar surface area (TPSA) is 98.7 Å². The van der Waals surface area contributed by atoms with Crippen LogP contribution in [0, 0.1) is 16.0 Å². The molecule has 0 radical (unpaired) electrons. The van der Waals surface area contributed by atoms with Gasteiger partial charge in [0, 0.05) is 18.7 Å². The van der Waals surface area contributed by atoms with Gasteiger partial charge in [-0.05, 0) is 32.0 Å². The number of methoxy groups -OCH3 is 1. The minimum absolute atomic E-state index is 0.0487. The van der Waals surface area contributed by atoms with E-state index in [1.165, 1.54) is 19.2 Å². The Kier molecular flexibility index (Phi) is 4.54. The van der Waals surface area contributed by atoms with Gasteiger partial charge >= 0.3 is 5.97 Å². The first-order valence-corrected chi connectivity index (χ1v) is 6.75. The molecule has 2 unspecified atom stereocenters. The average Bonchev–Trinajstić information content (AvgIpc) is 2.86. The maximum Gasteiger partial charge on any atom is 0.338 e. The number of carbonyl (C=O) groups is 1. The third-order valence-electron chi connectivity index (χ3n) is 3.99. The summed E-state index contributed by atoms with van der Waals surface area (Å²) in [4.78, 5) is 24.8. The first-order chi connectivity index (χ1) is 9.99. The van der Waals surface area contributed by atoms with Crippen molar-refractivity contribution in [3.05, 3.63) is 39.4 Å². The molecule has 0 amide bonds. The van der Waals surface area contributed by atoms with E-state index in [2.05, 4.69) is 0 Å². The van der Waals surface area contributed by atoms with Gasteiger partial charge in [-0.1, -0.05) is 6.07 Å². The molecule has 1 heterocycles. The summed E-state index contributed by atoms with van der Waals surface area (Å²) in [6.07, 6.45) is 0.696. The van der Waals surface area contributed by atoms with Crippen LogP contribution in [0.15, 0.2) is 18.2 Å². The molecular formula is C14H19N3O4. The lowest BCUT2D eigenvalue weighted by molar-refractivity contribution is -0.386. The van der Waals surface area contributed by atoms with Crippen molar-refractivity contribution in [3.63, 3.8) is 0 Å². The van der Waals surface area contributed by atoms with Crippen LogP contribution in [-0.4, -0.2) is 43.0 Å². The maximum absolute atomic E-state index is 11.9. The van der Waals surface area contributed by atoms with Crippen LogP contribution in [0.5, 0.6) is 0 Å². The Hall–Kier alpha value is -1.99. The number of hydrogen-bond donors (Lipinski definition) is 1. The molecule has 1 aromatic carbocycles. The van der Waals surface area contributed by atoms with E-state index in [4.69, 9.17) is 10.5 Å². The highest BCUT2D eigenvalue weighted by Crippen LogP contribution is 2.40.